The highest BCUT2D eigenvalue weighted by molar-refractivity contribution is 5.94. The summed E-state index contributed by atoms with van der Waals surface area (Å²) < 4.78 is 4.52. The summed E-state index contributed by atoms with van der Waals surface area (Å²) in [6.45, 7) is 1.08. The second-order valence-corrected chi connectivity index (χ2v) is 7.36. The van der Waals surface area contributed by atoms with Crippen molar-refractivity contribution >= 4 is 23.6 Å². The van der Waals surface area contributed by atoms with E-state index in [0.29, 0.717) is 43.0 Å². The number of hydrogen-bond acceptors (Lipinski definition) is 5. The van der Waals surface area contributed by atoms with Crippen LogP contribution in [0.4, 0.5) is 5.69 Å². The Kier molecular flexibility index (Phi) is 6.07. The zero-order valence-electron chi connectivity index (χ0n) is 16.8. The predicted molar refractivity (Wildman–Crippen MR) is 116 cm³/mol. The van der Waals surface area contributed by atoms with Gasteiger partial charge >= 0.3 is 5.76 Å². The van der Waals surface area contributed by atoms with Gasteiger partial charge in [0, 0.05) is 36.3 Å². The molecule has 8 heteroatoms. The number of hydrogen-bond donors (Lipinski definition) is 2. The molecule has 31 heavy (non-hydrogen) atoms. The SMILES string of the molecule is O=C(Nc1cccc(-c2noc(=O)[nH]2)c1)C1CCN(C(=O)/C=C/c2ccccc2)CC1. The Morgan fingerprint density at radius 1 is 1.10 bits per heavy atom. The van der Waals surface area contributed by atoms with Crippen LogP contribution in [0.1, 0.15) is 18.4 Å². The van der Waals surface area contributed by atoms with Crippen LogP contribution in [0.5, 0.6) is 0 Å². The van der Waals surface area contributed by atoms with E-state index in [1.165, 1.54) is 0 Å². The molecule has 0 saturated carbocycles. The zero-order valence-corrected chi connectivity index (χ0v) is 16.8. The first-order valence-electron chi connectivity index (χ1n) is 10.1. The van der Waals surface area contributed by atoms with Crippen molar-refractivity contribution in [2.75, 3.05) is 18.4 Å². The van der Waals surface area contributed by atoms with Crippen LogP contribution in [0.3, 0.4) is 0 Å². The summed E-state index contributed by atoms with van der Waals surface area (Å²) in [6, 6.07) is 16.7. The highest BCUT2D eigenvalue weighted by Gasteiger charge is 2.26. The summed E-state index contributed by atoms with van der Waals surface area (Å²) in [4.78, 5) is 40.5. The second-order valence-electron chi connectivity index (χ2n) is 7.36. The van der Waals surface area contributed by atoms with Crippen LogP contribution >= 0.6 is 0 Å². The Balaban J connectivity index is 1.31. The normalized spacial score (nSPS) is 14.6. The molecule has 2 amide bonds. The van der Waals surface area contributed by atoms with Crippen LogP contribution in [-0.2, 0) is 9.59 Å². The van der Waals surface area contributed by atoms with Crippen molar-refractivity contribution < 1.29 is 14.1 Å². The van der Waals surface area contributed by atoms with Crippen molar-refractivity contribution in [3.05, 3.63) is 76.8 Å². The molecule has 2 N–H and O–H groups in total. The van der Waals surface area contributed by atoms with Crippen molar-refractivity contribution in [1.82, 2.24) is 15.0 Å². The summed E-state index contributed by atoms with van der Waals surface area (Å²) in [5, 5.41) is 6.57. The number of aromatic nitrogens is 2. The van der Waals surface area contributed by atoms with Crippen molar-refractivity contribution in [1.29, 1.82) is 0 Å². The van der Waals surface area contributed by atoms with Crippen LogP contribution in [0, 0.1) is 5.92 Å². The molecule has 1 saturated heterocycles. The molecule has 1 aromatic heterocycles. The van der Waals surface area contributed by atoms with Crippen LogP contribution in [-0.4, -0.2) is 39.9 Å². The summed E-state index contributed by atoms with van der Waals surface area (Å²) in [5.74, 6) is -0.631. The van der Waals surface area contributed by atoms with Crippen molar-refractivity contribution in [3.8, 4) is 11.4 Å². The number of amides is 2. The largest absolute Gasteiger partial charge is 0.439 e. The molecule has 1 aliphatic rings. The minimum absolute atomic E-state index is 0.0444. The molecule has 1 aliphatic heterocycles. The van der Waals surface area contributed by atoms with Crippen LogP contribution < -0.4 is 11.1 Å². The van der Waals surface area contributed by atoms with E-state index in [0.717, 1.165) is 5.56 Å². The predicted octanol–water partition coefficient (Wildman–Crippen LogP) is 2.92. The molecule has 1 fully saturated rings. The minimum Gasteiger partial charge on any atom is -0.339 e. The summed E-state index contributed by atoms with van der Waals surface area (Å²) in [5.41, 5.74) is 2.21. The van der Waals surface area contributed by atoms with Gasteiger partial charge in [-0.1, -0.05) is 47.6 Å². The quantitative estimate of drug-likeness (QED) is 0.620. The average molecular weight is 418 g/mol. The molecular formula is C23H22N4O4. The number of carbonyl (C=O) groups is 2. The van der Waals surface area contributed by atoms with Gasteiger partial charge < -0.3 is 10.2 Å². The number of rotatable bonds is 5. The first-order chi connectivity index (χ1) is 15.1. The van der Waals surface area contributed by atoms with Crippen molar-refractivity contribution in [2.24, 2.45) is 5.92 Å². The lowest BCUT2D eigenvalue weighted by molar-refractivity contribution is -0.130. The summed E-state index contributed by atoms with van der Waals surface area (Å²) in [6.07, 6.45) is 4.59. The third kappa shape index (κ3) is 5.16. The fourth-order valence-corrected chi connectivity index (χ4v) is 3.54. The standard InChI is InChI=1S/C23H22N4O4/c28-20(10-9-16-5-2-1-3-6-16)27-13-11-17(12-14-27)22(29)24-19-8-4-7-18(15-19)21-25-23(30)31-26-21/h1-10,15,17H,11-14H2,(H,24,29)(H,25,26,30)/b10-9+. The van der Waals surface area contributed by atoms with Crippen LogP contribution in [0.2, 0.25) is 0 Å². The lowest BCUT2D eigenvalue weighted by Crippen LogP contribution is -2.40. The maximum Gasteiger partial charge on any atom is 0.439 e. The Labute approximate surface area is 178 Å². The summed E-state index contributed by atoms with van der Waals surface area (Å²) in [7, 11) is 0. The third-order valence-electron chi connectivity index (χ3n) is 5.24. The number of piperidine rings is 1. The number of nitrogens with zero attached hydrogens (tertiary/aromatic N) is 2. The Bertz CT molecular complexity index is 1140. The number of carbonyl (C=O) groups excluding carboxylic acids is 2. The molecule has 0 radical (unpaired) electrons. The van der Waals surface area contributed by atoms with E-state index in [-0.39, 0.29) is 17.7 Å². The molecule has 2 aromatic carbocycles. The van der Waals surface area contributed by atoms with Crippen LogP contribution in [0.15, 0.2) is 70.0 Å². The number of H-pyrrole nitrogens is 1. The number of nitrogens with one attached hydrogen (secondary N) is 2. The van der Waals surface area contributed by atoms with Crippen molar-refractivity contribution in [3.63, 3.8) is 0 Å². The van der Waals surface area contributed by atoms with E-state index in [1.807, 2.05) is 30.3 Å². The number of aromatic amines is 1. The van der Waals surface area contributed by atoms with Crippen LogP contribution in [0.25, 0.3) is 17.5 Å². The van der Waals surface area contributed by atoms with Gasteiger partial charge in [-0.15, -0.1) is 0 Å². The van der Waals surface area contributed by atoms with E-state index in [1.54, 1.807) is 41.3 Å². The Hall–Kier alpha value is -3.94. The van der Waals surface area contributed by atoms with Crippen molar-refractivity contribution in [2.45, 2.75) is 12.8 Å². The van der Waals surface area contributed by atoms with Gasteiger partial charge in [-0.25, -0.2) is 4.79 Å². The molecule has 0 spiro atoms. The topological polar surface area (TPSA) is 108 Å². The minimum atomic E-state index is -0.635. The number of benzene rings is 2. The highest BCUT2D eigenvalue weighted by Crippen LogP contribution is 2.22. The molecule has 4 rings (SSSR count). The van der Waals surface area contributed by atoms with Gasteiger partial charge in [-0.3, -0.25) is 19.1 Å². The van der Waals surface area contributed by atoms with Gasteiger partial charge in [0.1, 0.15) is 0 Å². The van der Waals surface area contributed by atoms with E-state index in [2.05, 4.69) is 20.0 Å². The molecule has 0 unspecified atom stereocenters. The monoisotopic (exact) mass is 418 g/mol. The first-order valence-corrected chi connectivity index (χ1v) is 10.1. The fourth-order valence-electron chi connectivity index (χ4n) is 3.54. The molecule has 0 atom stereocenters. The number of anilines is 1. The zero-order chi connectivity index (χ0) is 21.6. The molecule has 2 heterocycles. The fraction of sp³-hybridized carbons (Fsp3) is 0.217. The highest BCUT2D eigenvalue weighted by atomic mass is 16.5. The van der Waals surface area contributed by atoms with E-state index >= 15 is 0 Å². The lowest BCUT2D eigenvalue weighted by Gasteiger charge is -2.30. The molecule has 158 valence electrons. The average Bonchev–Trinajstić information content (AvgIpc) is 3.25. The van der Waals surface area contributed by atoms with E-state index in [4.69, 9.17) is 0 Å². The van der Waals surface area contributed by atoms with Gasteiger partial charge in [0.25, 0.3) is 0 Å². The maximum atomic E-state index is 12.7. The third-order valence-corrected chi connectivity index (χ3v) is 5.24. The number of likely N-dealkylation sites (tertiary alicyclic amines) is 1. The van der Waals surface area contributed by atoms with Gasteiger partial charge in [0.05, 0.1) is 0 Å². The lowest BCUT2D eigenvalue weighted by atomic mass is 9.95. The Morgan fingerprint density at radius 3 is 2.58 bits per heavy atom. The van der Waals surface area contributed by atoms with E-state index in [9.17, 15) is 14.4 Å². The molecular weight excluding hydrogens is 396 g/mol. The maximum absolute atomic E-state index is 12.7. The first kappa shape index (κ1) is 20.3. The molecule has 3 aromatic rings. The molecule has 0 aliphatic carbocycles. The smallest absolute Gasteiger partial charge is 0.339 e. The molecule has 8 nitrogen and oxygen atoms in total. The van der Waals surface area contributed by atoms with Gasteiger partial charge in [0.2, 0.25) is 11.8 Å². The van der Waals surface area contributed by atoms with Gasteiger partial charge in [-0.05, 0) is 36.6 Å². The second kappa shape index (κ2) is 9.25. The molecule has 0 bridgehead atoms. The van der Waals surface area contributed by atoms with Gasteiger partial charge in [0.15, 0.2) is 5.82 Å². The Morgan fingerprint density at radius 2 is 1.87 bits per heavy atom. The van der Waals surface area contributed by atoms with E-state index < -0.39 is 5.76 Å². The van der Waals surface area contributed by atoms with Gasteiger partial charge in [-0.2, -0.15) is 0 Å². The summed E-state index contributed by atoms with van der Waals surface area (Å²) >= 11 is 0.